The first-order valence-corrected chi connectivity index (χ1v) is 7.43. The first kappa shape index (κ1) is 23.7. The average molecular weight is 427 g/mol. The van der Waals surface area contributed by atoms with Crippen molar-refractivity contribution in [3.63, 3.8) is 0 Å². The molecule has 1 saturated heterocycles. The standard InChI is InChI=1S/C13H13F12NO/c14-7(15)9(16,17)11(20,21)13(24,25)12(22,23)10(18,19)8(27)26-5-3-1-2-4-6-26/h7H,1-6H2. The van der Waals surface area contributed by atoms with Gasteiger partial charge in [-0.05, 0) is 12.8 Å². The van der Waals surface area contributed by atoms with E-state index in [4.69, 9.17) is 0 Å². The summed E-state index contributed by atoms with van der Waals surface area (Å²) in [6.45, 7) is -1.17. The molecule has 0 saturated carbocycles. The van der Waals surface area contributed by atoms with Gasteiger partial charge in [-0.3, -0.25) is 4.79 Å². The van der Waals surface area contributed by atoms with Crippen LogP contribution in [0, 0.1) is 0 Å². The van der Waals surface area contributed by atoms with Crippen LogP contribution in [-0.4, -0.2) is 59.9 Å². The number of carbonyl (C=O) groups excluding carboxylic acids is 1. The molecule has 0 bridgehead atoms. The molecule has 1 heterocycles. The van der Waals surface area contributed by atoms with Gasteiger partial charge in [0, 0.05) is 13.1 Å². The lowest BCUT2D eigenvalue weighted by molar-refractivity contribution is -0.407. The van der Waals surface area contributed by atoms with Gasteiger partial charge in [-0.2, -0.15) is 43.9 Å². The molecule has 0 aromatic heterocycles. The molecule has 2 nitrogen and oxygen atoms in total. The highest BCUT2D eigenvalue weighted by molar-refractivity contribution is 5.85. The van der Waals surface area contributed by atoms with E-state index in [1.54, 1.807) is 0 Å². The predicted octanol–water partition coefficient (Wildman–Crippen LogP) is 4.83. The summed E-state index contributed by atoms with van der Waals surface area (Å²) in [5, 5.41) is 0. The molecule has 14 heteroatoms. The average Bonchev–Trinajstić information content (AvgIpc) is 2.82. The van der Waals surface area contributed by atoms with Crippen molar-refractivity contribution in [2.75, 3.05) is 13.1 Å². The Morgan fingerprint density at radius 2 is 1.07 bits per heavy atom. The maximum Gasteiger partial charge on any atom is 0.392 e. The maximum atomic E-state index is 13.7. The zero-order chi connectivity index (χ0) is 21.5. The van der Waals surface area contributed by atoms with E-state index in [0.29, 0.717) is 12.8 Å². The number of carbonyl (C=O) groups is 1. The molecule has 1 aliphatic heterocycles. The highest BCUT2D eigenvalue weighted by Crippen LogP contribution is 2.58. The molecule has 0 aromatic rings. The van der Waals surface area contributed by atoms with Crippen LogP contribution >= 0.6 is 0 Å². The molecule has 0 N–H and O–H groups in total. The van der Waals surface area contributed by atoms with E-state index in [9.17, 15) is 57.5 Å². The zero-order valence-electron chi connectivity index (χ0n) is 13.2. The number of hydrogen-bond acceptors (Lipinski definition) is 1. The third-order valence-corrected chi connectivity index (χ3v) is 4.04. The van der Waals surface area contributed by atoms with E-state index in [2.05, 4.69) is 0 Å². The minimum absolute atomic E-state index is 0.0143. The predicted molar refractivity (Wildman–Crippen MR) is 65.8 cm³/mol. The lowest BCUT2D eigenvalue weighted by Gasteiger charge is -2.39. The monoisotopic (exact) mass is 427 g/mol. The van der Waals surface area contributed by atoms with Crippen LogP contribution in [0.2, 0.25) is 0 Å². The molecule has 0 spiro atoms. The Bertz CT molecular complexity index is 539. The third-order valence-electron chi connectivity index (χ3n) is 4.04. The van der Waals surface area contributed by atoms with Gasteiger partial charge in [0.15, 0.2) is 0 Å². The second-order valence-corrected chi connectivity index (χ2v) is 5.93. The molecule has 1 rings (SSSR count). The topological polar surface area (TPSA) is 20.3 Å². The van der Waals surface area contributed by atoms with Crippen molar-refractivity contribution < 1.29 is 57.5 Å². The maximum absolute atomic E-state index is 13.7. The van der Waals surface area contributed by atoms with Gasteiger partial charge >= 0.3 is 36.0 Å². The lowest BCUT2D eigenvalue weighted by atomic mass is 9.93. The van der Waals surface area contributed by atoms with Gasteiger partial charge in [0.05, 0.1) is 0 Å². The van der Waals surface area contributed by atoms with E-state index in [1.807, 2.05) is 0 Å². The van der Waals surface area contributed by atoms with Crippen LogP contribution in [0.25, 0.3) is 0 Å². The molecule has 0 aromatic carbocycles. The lowest BCUT2D eigenvalue weighted by Crippen LogP contribution is -2.71. The molecular weight excluding hydrogens is 414 g/mol. The zero-order valence-corrected chi connectivity index (χ0v) is 13.2. The Morgan fingerprint density at radius 1 is 0.667 bits per heavy atom. The van der Waals surface area contributed by atoms with E-state index < -0.39 is 55.0 Å². The Morgan fingerprint density at radius 3 is 1.44 bits per heavy atom. The summed E-state index contributed by atoms with van der Waals surface area (Å²) in [6, 6.07) is 0. The smallest absolute Gasteiger partial charge is 0.337 e. The number of alkyl halides is 12. The molecule has 1 fully saturated rings. The minimum Gasteiger partial charge on any atom is -0.337 e. The van der Waals surface area contributed by atoms with Crippen molar-refractivity contribution >= 4 is 5.91 Å². The molecule has 27 heavy (non-hydrogen) atoms. The number of nitrogens with zero attached hydrogens (tertiary/aromatic N) is 1. The van der Waals surface area contributed by atoms with Gasteiger partial charge in [0.1, 0.15) is 0 Å². The summed E-state index contributed by atoms with van der Waals surface area (Å²) in [4.78, 5) is 11.6. The van der Waals surface area contributed by atoms with Gasteiger partial charge in [0.25, 0.3) is 5.91 Å². The summed E-state index contributed by atoms with van der Waals surface area (Å²) in [5.41, 5.74) is 0. The Kier molecular flexibility index (Phi) is 6.33. The molecule has 160 valence electrons. The van der Waals surface area contributed by atoms with Crippen LogP contribution in [0.4, 0.5) is 52.7 Å². The molecule has 0 radical (unpaired) electrons. The molecule has 1 amide bonds. The van der Waals surface area contributed by atoms with E-state index in [0.717, 1.165) is 0 Å². The summed E-state index contributed by atoms with van der Waals surface area (Å²) in [7, 11) is 0. The number of halogens is 12. The van der Waals surface area contributed by atoms with Gasteiger partial charge in [-0.1, -0.05) is 12.8 Å². The second-order valence-electron chi connectivity index (χ2n) is 5.93. The summed E-state index contributed by atoms with van der Waals surface area (Å²) in [6.07, 6.45) is -4.78. The Labute approximate surface area is 144 Å². The van der Waals surface area contributed by atoms with E-state index >= 15 is 0 Å². The van der Waals surface area contributed by atoms with Crippen molar-refractivity contribution in [2.24, 2.45) is 0 Å². The Balaban J connectivity index is 3.32. The molecule has 0 unspecified atom stereocenters. The number of likely N-dealkylation sites (tertiary alicyclic amines) is 1. The van der Waals surface area contributed by atoms with Crippen molar-refractivity contribution in [2.45, 2.75) is 61.7 Å². The van der Waals surface area contributed by atoms with Gasteiger partial charge in [0.2, 0.25) is 0 Å². The number of rotatable bonds is 6. The quantitative estimate of drug-likeness (QED) is 0.557. The van der Waals surface area contributed by atoms with Gasteiger partial charge in [-0.25, -0.2) is 8.78 Å². The van der Waals surface area contributed by atoms with Gasteiger partial charge < -0.3 is 4.90 Å². The van der Waals surface area contributed by atoms with Crippen molar-refractivity contribution in [1.29, 1.82) is 0 Å². The minimum atomic E-state index is -7.68. The van der Waals surface area contributed by atoms with Crippen molar-refractivity contribution in [3.8, 4) is 0 Å². The Hall–Kier alpha value is -1.37. The second kappa shape index (κ2) is 7.22. The summed E-state index contributed by atoms with van der Waals surface area (Å²) >= 11 is 0. The fourth-order valence-corrected chi connectivity index (χ4v) is 2.35. The van der Waals surface area contributed by atoms with Gasteiger partial charge in [-0.15, -0.1) is 0 Å². The number of hydrogen-bond donors (Lipinski definition) is 0. The fourth-order valence-electron chi connectivity index (χ4n) is 2.35. The van der Waals surface area contributed by atoms with Crippen molar-refractivity contribution in [3.05, 3.63) is 0 Å². The SMILES string of the molecule is O=C(N1CCCCCC1)C(F)(F)C(F)(F)C(F)(F)C(F)(F)C(F)(F)C(F)F. The molecular formula is C13H13F12NO. The highest BCUT2D eigenvalue weighted by atomic mass is 19.4. The first-order valence-electron chi connectivity index (χ1n) is 7.43. The largest absolute Gasteiger partial charge is 0.392 e. The molecule has 0 aliphatic carbocycles. The van der Waals surface area contributed by atoms with E-state index in [1.165, 1.54) is 0 Å². The van der Waals surface area contributed by atoms with Crippen LogP contribution in [0.5, 0.6) is 0 Å². The third kappa shape index (κ3) is 3.55. The van der Waals surface area contributed by atoms with Crippen LogP contribution in [0.1, 0.15) is 25.7 Å². The van der Waals surface area contributed by atoms with Crippen LogP contribution in [0.3, 0.4) is 0 Å². The van der Waals surface area contributed by atoms with Crippen molar-refractivity contribution in [1.82, 2.24) is 4.90 Å². The normalized spacial score (nSPS) is 18.6. The van der Waals surface area contributed by atoms with Crippen LogP contribution < -0.4 is 0 Å². The fraction of sp³-hybridized carbons (Fsp3) is 0.923. The van der Waals surface area contributed by atoms with Crippen LogP contribution in [0.15, 0.2) is 0 Å². The van der Waals surface area contributed by atoms with Crippen LogP contribution in [-0.2, 0) is 4.79 Å². The number of amides is 1. The van der Waals surface area contributed by atoms with E-state index in [-0.39, 0.29) is 17.7 Å². The molecule has 0 atom stereocenters. The molecule has 1 aliphatic rings. The first-order chi connectivity index (χ1) is 12.0. The highest BCUT2D eigenvalue weighted by Gasteiger charge is 2.89. The summed E-state index contributed by atoms with van der Waals surface area (Å²) < 4.78 is 157. The summed E-state index contributed by atoms with van der Waals surface area (Å²) in [5.74, 6) is -39.2.